The van der Waals surface area contributed by atoms with E-state index < -0.39 is 6.10 Å². The van der Waals surface area contributed by atoms with Crippen LogP contribution in [0.4, 0.5) is 10.1 Å². The van der Waals surface area contributed by atoms with Gasteiger partial charge in [0.2, 0.25) is 5.91 Å². The zero-order valence-electron chi connectivity index (χ0n) is 15.4. The Balaban J connectivity index is 1.86. The Morgan fingerprint density at radius 2 is 2.00 bits per heavy atom. The highest BCUT2D eigenvalue weighted by molar-refractivity contribution is 5.88. The molecule has 0 spiro atoms. The van der Waals surface area contributed by atoms with Crippen LogP contribution in [0.1, 0.15) is 12.5 Å². The molecule has 1 atom stereocenters. The van der Waals surface area contributed by atoms with Crippen LogP contribution in [-0.2, 0) is 11.3 Å². The fourth-order valence-corrected chi connectivity index (χ4v) is 2.63. The molecular weight excluding hydrogens is 347 g/mol. The number of aliphatic hydroxyl groups is 1. The molecule has 27 heavy (non-hydrogen) atoms. The van der Waals surface area contributed by atoms with Gasteiger partial charge in [0.05, 0.1) is 0 Å². The molecule has 144 valence electrons. The Hall–Kier alpha value is -2.70. The normalized spacial score (nSPS) is 11.9. The highest BCUT2D eigenvalue weighted by Gasteiger charge is 2.14. The van der Waals surface area contributed by atoms with Crippen molar-refractivity contribution in [2.75, 3.05) is 25.0 Å². The molecule has 0 saturated heterocycles. The molecule has 0 radical (unpaired) electrons. The van der Waals surface area contributed by atoms with Crippen molar-refractivity contribution in [1.29, 1.82) is 0 Å². The molecule has 0 saturated carbocycles. The first-order chi connectivity index (χ1) is 13.0. The molecule has 0 aliphatic heterocycles. The largest absolute Gasteiger partial charge is 0.491 e. The molecule has 6 heteroatoms. The molecule has 0 aliphatic carbocycles. The van der Waals surface area contributed by atoms with Gasteiger partial charge in [0, 0.05) is 37.8 Å². The van der Waals surface area contributed by atoms with E-state index in [4.69, 9.17) is 4.74 Å². The lowest BCUT2D eigenvalue weighted by Gasteiger charge is -2.24. The van der Waals surface area contributed by atoms with E-state index >= 15 is 0 Å². The maximum Gasteiger partial charge on any atom is 0.221 e. The molecule has 5 nitrogen and oxygen atoms in total. The van der Waals surface area contributed by atoms with Crippen molar-refractivity contribution in [3.63, 3.8) is 0 Å². The van der Waals surface area contributed by atoms with Crippen LogP contribution in [0.3, 0.4) is 0 Å². The van der Waals surface area contributed by atoms with E-state index in [2.05, 4.69) is 11.9 Å². The fraction of sp³-hybridized carbons (Fsp3) is 0.286. The standard InChI is InChI=1S/C21H25FN2O3/c1-3-12-24(13-17-6-4-5-7-21(17)22)14-19(26)15-27-20-10-8-18(9-11-20)23-16(2)25/h3-11,19,26H,1,12-15H2,2H3,(H,23,25). The summed E-state index contributed by atoms with van der Waals surface area (Å²) >= 11 is 0. The van der Waals surface area contributed by atoms with Crippen LogP contribution >= 0.6 is 0 Å². The number of nitrogens with zero attached hydrogens (tertiary/aromatic N) is 1. The summed E-state index contributed by atoms with van der Waals surface area (Å²) in [6, 6.07) is 13.5. The summed E-state index contributed by atoms with van der Waals surface area (Å²) in [4.78, 5) is 12.9. The number of benzene rings is 2. The van der Waals surface area contributed by atoms with Crippen LogP contribution in [0.15, 0.2) is 61.2 Å². The summed E-state index contributed by atoms with van der Waals surface area (Å²) in [6.07, 6.45) is 0.974. The average molecular weight is 372 g/mol. The SMILES string of the molecule is C=CCN(Cc1ccccc1F)CC(O)COc1ccc(NC(C)=O)cc1. The quantitative estimate of drug-likeness (QED) is 0.629. The molecular formula is C21H25FN2O3. The van der Waals surface area contributed by atoms with Crippen molar-refractivity contribution in [3.8, 4) is 5.75 Å². The first-order valence-electron chi connectivity index (χ1n) is 8.73. The lowest BCUT2D eigenvalue weighted by molar-refractivity contribution is -0.114. The summed E-state index contributed by atoms with van der Waals surface area (Å²) in [5.74, 6) is 0.181. The van der Waals surface area contributed by atoms with Gasteiger partial charge in [-0.2, -0.15) is 0 Å². The molecule has 0 bridgehead atoms. The Bertz CT molecular complexity index is 749. The number of ether oxygens (including phenoxy) is 1. The maximum atomic E-state index is 13.8. The van der Waals surface area contributed by atoms with E-state index in [0.717, 1.165) is 0 Å². The summed E-state index contributed by atoms with van der Waals surface area (Å²) in [6.45, 7) is 6.48. The van der Waals surface area contributed by atoms with Gasteiger partial charge in [-0.3, -0.25) is 9.69 Å². The molecule has 1 amide bonds. The van der Waals surface area contributed by atoms with E-state index in [1.54, 1.807) is 48.5 Å². The van der Waals surface area contributed by atoms with Gasteiger partial charge in [-0.05, 0) is 30.3 Å². The number of hydrogen-bond donors (Lipinski definition) is 2. The van der Waals surface area contributed by atoms with Crippen LogP contribution in [0.5, 0.6) is 5.75 Å². The second-order valence-electron chi connectivity index (χ2n) is 6.24. The number of carbonyl (C=O) groups excluding carboxylic acids is 1. The number of amides is 1. The first kappa shape index (κ1) is 20.6. The van der Waals surface area contributed by atoms with Crippen LogP contribution in [0, 0.1) is 5.82 Å². The van der Waals surface area contributed by atoms with E-state index in [9.17, 15) is 14.3 Å². The van der Waals surface area contributed by atoms with Crippen LogP contribution in [-0.4, -0.2) is 41.7 Å². The Labute approximate surface area is 159 Å². The van der Waals surface area contributed by atoms with Gasteiger partial charge in [0.1, 0.15) is 24.3 Å². The summed E-state index contributed by atoms with van der Waals surface area (Å²) in [7, 11) is 0. The van der Waals surface area contributed by atoms with Gasteiger partial charge < -0.3 is 15.2 Å². The highest BCUT2D eigenvalue weighted by atomic mass is 19.1. The van der Waals surface area contributed by atoms with Crippen molar-refractivity contribution in [3.05, 3.63) is 72.6 Å². The van der Waals surface area contributed by atoms with Crippen molar-refractivity contribution >= 4 is 11.6 Å². The number of rotatable bonds is 10. The maximum absolute atomic E-state index is 13.8. The van der Waals surface area contributed by atoms with Crippen LogP contribution < -0.4 is 10.1 Å². The molecule has 0 heterocycles. The topological polar surface area (TPSA) is 61.8 Å². The van der Waals surface area contributed by atoms with Crippen molar-refractivity contribution < 1.29 is 19.0 Å². The minimum atomic E-state index is -0.744. The zero-order chi connectivity index (χ0) is 19.6. The Morgan fingerprint density at radius 1 is 1.30 bits per heavy atom. The summed E-state index contributed by atoms with van der Waals surface area (Å²) < 4.78 is 19.4. The minimum Gasteiger partial charge on any atom is -0.491 e. The zero-order valence-corrected chi connectivity index (χ0v) is 15.4. The minimum absolute atomic E-state index is 0.102. The van der Waals surface area contributed by atoms with Crippen molar-refractivity contribution in [2.45, 2.75) is 19.6 Å². The van der Waals surface area contributed by atoms with Gasteiger partial charge in [-0.25, -0.2) is 4.39 Å². The molecule has 1 unspecified atom stereocenters. The van der Waals surface area contributed by atoms with Gasteiger partial charge in [0.15, 0.2) is 0 Å². The van der Waals surface area contributed by atoms with Crippen molar-refractivity contribution in [2.24, 2.45) is 0 Å². The molecule has 2 rings (SSSR count). The molecule has 2 N–H and O–H groups in total. The third-order valence-corrected chi connectivity index (χ3v) is 3.83. The third kappa shape index (κ3) is 7.21. The molecule has 2 aromatic carbocycles. The van der Waals surface area contributed by atoms with Crippen LogP contribution in [0.2, 0.25) is 0 Å². The smallest absolute Gasteiger partial charge is 0.221 e. The number of halogens is 1. The highest BCUT2D eigenvalue weighted by Crippen LogP contribution is 2.16. The number of hydrogen-bond acceptors (Lipinski definition) is 4. The summed E-state index contributed by atoms with van der Waals surface area (Å²) in [5.41, 5.74) is 1.25. The fourth-order valence-electron chi connectivity index (χ4n) is 2.63. The van der Waals surface area contributed by atoms with Crippen LogP contribution in [0.25, 0.3) is 0 Å². The second-order valence-corrected chi connectivity index (χ2v) is 6.24. The third-order valence-electron chi connectivity index (χ3n) is 3.83. The predicted molar refractivity (Wildman–Crippen MR) is 104 cm³/mol. The Morgan fingerprint density at radius 3 is 2.63 bits per heavy atom. The van der Waals surface area contributed by atoms with Crippen molar-refractivity contribution in [1.82, 2.24) is 4.90 Å². The van der Waals surface area contributed by atoms with E-state index in [0.29, 0.717) is 36.6 Å². The lowest BCUT2D eigenvalue weighted by Crippen LogP contribution is -2.35. The lowest BCUT2D eigenvalue weighted by atomic mass is 10.2. The van der Waals surface area contributed by atoms with E-state index in [1.165, 1.54) is 13.0 Å². The Kier molecular flexibility index (Phi) is 7.98. The number of carbonyl (C=O) groups is 1. The predicted octanol–water partition coefficient (Wildman–Crippen LogP) is 3.21. The number of anilines is 1. The monoisotopic (exact) mass is 372 g/mol. The van der Waals surface area contributed by atoms with E-state index in [-0.39, 0.29) is 18.3 Å². The summed E-state index contributed by atoms with van der Waals surface area (Å²) in [5, 5.41) is 13.0. The van der Waals surface area contributed by atoms with Gasteiger partial charge in [-0.15, -0.1) is 6.58 Å². The molecule has 0 aliphatic rings. The molecule has 0 aromatic heterocycles. The first-order valence-corrected chi connectivity index (χ1v) is 8.73. The molecule has 0 fully saturated rings. The average Bonchev–Trinajstić information content (AvgIpc) is 2.63. The number of aliphatic hydroxyl groups excluding tert-OH is 1. The van der Waals surface area contributed by atoms with Gasteiger partial charge >= 0.3 is 0 Å². The second kappa shape index (κ2) is 10.4. The van der Waals surface area contributed by atoms with E-state index in [1.807, 2.05) is 4.90 Å². The van der Waals surface area contributed by atoms with Gasteiger partial charge in [-0.1, -0.05) is 24.3 Å². The number of nitrogens with one attached hydrogen (secondary N) is 1. The molecule has 2 aromatic rings. The van der Waals surface area contributed by atoms with Gasteiger partial charge in [0.25, 0.3) is 0 Å².